The standard InChI is InChI=1S/C18H26N2O2S/c1-14-3-4-17(11-15(14)2)22-12-18(21)20-8-6-19(7-9-20)16-5-10-23-13-16/h3-4,11,16H,5-10,12-13H2,1-2H3/t16-/m1/s1. The molecule has 0 aliphatic carbocycles. The van der Waals surface area contributed by atoms with Crippen molar-refractivity contribution in [2.24, 2.45) is 0 Å². The van der Waals surface area contributed by atoms with Crippen molar-refractivity contribution in [3.63, 3.8) is 0 Å². The summed E-state index contributed by atoms with van der Waals surface area (Å²) < 4.78 is 5.68. The molecule has 2 aliphatic heterocycles. The molecule has 1 aromatic carbocycles. The minimum absolute atomic E-state index is 0.101. The summed E-state index contributed by atoms with van der Waals surface area (Å²) >= 11 is 2.05. The zero-order chi connectivity index (χ0) is 16.2. The van der Waals surface area contributed by atoms with Gasteiger partial charge in [0.25, 0.3) is 5.91 Å². The van der Waals surface area contributed by atoms with Crippen LogP contribution in [0.25, 0.3) is 0 Å². The van der Waals surface area contributed by atoms with E-state index in [9.17, 15) is 4.79 Å². The van der Waals surface area contributed by atoms with Crippen molar-refractivity contribution >= 4 is 17.7 Å². The number of carbonyl (C=O) groups excluding carboxylic acids is 1. The van der Waals surface area contributed by atoms with Gasteiger partial charge in [-0.1, -0.05) is 6.07 Å². The van der Waals surface area contributed by atoms with Crippen LogP contribution in [0.4, 0.5) is 0 Å². The number of carbonyl (C=O) groups is 1. The van der Waals surface area contributed by atoms with Gasteiger partial charge < -0.3 is 9.64 Å². The SMILES string of the molecule is Cc1ccc(OCC(=O)N2CCN([C@@H]3CCSC3)CC2)cc1C. The van der Waals surface area contributed by atoms with Crippen LogP contribution in [-0.2, 0) is 4.79 Å². The Morgan fingerprint density at radius 3 is 2.65 bits per heavy atom. The molecule has 2 saturated heterocycles. The third-order valence-corrected chi connectivity index (χ3v) is 6.07. The molecule has 0 unspecified atom stereocenters. The van der Waals surface area contributed by atoms with Crippen LogP contribution >= 0.6 is 11.8 Å². The summed E-state index contributed by atoms with van der Waals surface area (Å²) in [5, 5.41) is 0. The Labute approximate surface area is 143 Å². The summed E-state index contributed by atoms with van der Waals surface area (Å²) in [6.45, 7) is 7.94. The minimum Gasteiger partial charge on any atom is -0.484 e. The van der Waals surface area contributed by atoms with E-state index >= 15 is 0 Å². The van der Waals surface area contributed by atoms with Gasteiger partial charge in [0.2, 0.25) is 0 Å². The number of aryl methyl sites for hydroxylation is 2. The predicted octanol–water partition coefficient (Wildman–Crippen LogP) is 2.33. The van der Waals surface area contributed by atoms with Gasteiger partial charge in [-0.15, -0.1) is 0 Å². The molecule has 2 heterocycles. The number of nitrogens with zero attached hydrogens (tertiary/aromatic N) is 2. The van der Waals surface area contributed by atoms with Gasteiger partial charge in [0.1, 0.15) is 5.75 Å². The highest BCUT2D eigenvalue weighted by molar-refractivity contribution is 7.99. The fourth-order valence-corrected chi connectivity index (χ4v) is 4.44. The summed E-state index contributed by atoms with van der Waals surface area (Å²) in [7, 11) is 0. The van der Waals surface area contributed by atoms with E-state index in [4.69, 9.17) is 4.74 Å². The van der Waals surface area contributed by atoms with Crippen molar-refractivity contribution in [1.82, 2.24) is 9.80 Å². The Morgan fingerprint density at radius 1 is 1.22 bits per heavy atom. The maximum atomic E-state index is 12.3. The molecule has 23 heavy (non-hydrogen) atoms. The molecule has 1 atom stereocenters. The van der Waals surface area contributed by atoms with Crippen molar-refractivity contribution in [3.8, 4) is 5.75 Å². The molecule has 0 radical (unpaired) electrons. The first-order valence-electron chi connectivity index (χ1n) is 8.43. The van der Waals surface area contributed by atoms with Crippen molar-refractivity contribution in [1.29, 1.82) is 0 Å². The molecule has 0 N–H and O–H groups in total. The molecule has 0 bridgehead atoms. The Balaban J connectivity index is 1.44. The first-order valence-corrected chi connectivity index (χ1v) is 9.58. The second-order valence-corrected chi connectivity index (χ2v) is 7.62. The highest BCUT2D eigenvalue weighted by atomic mass is 32.2. The lowest BCUT2D eigenvalue weighted by Gasteiger charge is -2.37. The fourth-order valence-electron chi connectivity index (χ4n) is 3.19. The number of hydrogen-bond donors (Lipinski definition) is 0. The number of thioether (sulfide) groups is 1. The van der Waals surface area contributed by atoms with Crippen LogP contribution < -0.4 is 4.74 Å². The Hall–Kier alpha value is -1.20. The van der Waals surface area contributed by atoms with E-state index in [0.717, 1.165) is 38.0 Å². The second kappa shape index (κ2) is 7.58. The maximum absolute atomic E-state index is 12.3. The number of rotatable bonds is 4. The summed E-state index contributed by atoms with van der Waals surface area (Å²) in [4.78, 5) is 16.8. The van der Waals surface area contributed by atoms with Gasteiger partial charge in [-0.05, 0) is 49.3 Å². The predicted molar refractivity (Wildman–Crippen MR) is 95.3 cm³/mol. The van der Waals surface area contributed by atoms with Gasteiger partial charge in [0, 0.05) is 38.0 Å². The van der Waals surface area contributed by atoms with Gasteiger partial charge in [-0.3, -0.25) is 9.69 Å². The quantitative estimate of drug-likeness (QED) is 0.846. The average Bonchev–Trinajstić information content (AvgIpc) is 3.10. The first kappa shape index (κ1) is 16.7. The van der Waals surface area contributed by atoms with Crippen LogP contribution in [0, 0.1) is 13.8 Å². The molecule has 0 saturated carbocycles. The molecule has 1 aromatic rings. The van der Waals surface area contributed by atoms with Gasteiger partial charge >= 0.3 is 0 Å². The van der Waals surface area contributed by atoms with Gasteiger partial charge in [0.15, 0.2) is 6.61 Å². The van der Waals surface area contributed by atoms with E-state index in [0.29, 0.717) is 0 Å². The molecule has 0 spiro atoms. The molecule has 126 valence electrons. The van der Waals surface area contributed by atoms with Crippen LogP contribution in [0.1, 0.15) is 17.5 Å². The van der Waals surface area contributed by atoms with Crippen LogP contribution in [0.3, 0.4) is 0 Å². The van der Waals surface area contributed by atoms with Crippen molar-refractivity contribution in [2.75, 3.05) is 44.3 Å². The van der Waals surface area contributed by atoms with Crippen LogP contribution in [0.5, 0.6) is 5.75 Å². The lowest BCUT2D eigenvalue weighted by molar-refractivity contribution is -0.135. The summed E-state index contributed by atoms with van der Waals surface area (Å²) in [6, 6.07) is 6.70. The third kappa shape index (κ3) is 4.21. The molecule has 1 amide bonds. The Morgan fingerprint density at radius 2 is 2.00 bits per heavy atom. The zero-order valence-corrected chi connectivity index (χ0v) is 14.9. The van der Waals surface area contributed by atoms with E-state index < -0.39 is 0 Å². The first-order chi connectivity index (χ1) is 11.1. The largest absolute Gasteiger partial charge is 0.484 e. The highest BCUT2D eigenvalue weighted by Gasteiger charge is 2.28. The summed E-state index contributed by atoms with van der Waals surface area (Å²) in [5.41, 5.74) is 2.43. The number of amides is 1. The van der Waals surface area contributed by atoms with E-state index in [2.05, 4.69) is 18.7 Å². The number of hydrogen-bond acceptors (Lipinski definition) is 4. The smallest absolute Gasteiger partial charge is 0.260 e. The monoisotopic (exact) mass is 334 g/mol. The fraction of sp³-hybridized carbons (Fsp3) is 0.611. The second-order valence-electron chi connectivity index (χ2n) is 6.47. The molecule has 0 aromatic heterocycles. The molecule has 4 nitrogen and oxygen atoms in total. The minimum atomic E-state index is 0.101. The van der Waals surface area contributed by atoms with Crippen molar-refractivity contribution in [2.45, 2.75) is 26.3 Å². The molecule has 3 rings (SSSR count). The topological polar surface area (TPSA) is 32.8 Å². The molecular weight excluding hydrogens is 308 g/mol. The number of piperazine rings is 1. The van der Waals surface area contributed by atoms with Crippen molar-refractivity contribution < 1.29 is 9.53 Å². The number of benzene rings is 1. The lowest BCUT2D eigenvalue weighted by Crippen LogP contribution is -2.52. The maximum Gasteiger partial charge on any atom is 0.260 e. The summed E-state index contributed by atoms with van der Waals surface area (Å²) in [5.74, 6) is 3.42. The van der Waals surface area contributed by atoms with E-state index in [1.54, 1.807) is 0 Å². The van der Waals surface area contributed by atoms with Gasteiger partial charge in [-0.25, -0.2) is 0 Å². The lowest BCUT2D eigenvalue weighted by atomic mass is 10.1. The van der Waals surface area contributed by atoms with E-state index in [1.165, 1.54) is 29.1 Å². The zero-order valence-electron chi connectivity index (χ0n) is 14.1. The third-order valence-electron chi connectivity index (χ3n) is 4.93. The van der Waals surface area contributed by atoms with Crippen LogP contribution in [0.15, 0.2) is 18.2 Å². The van der Waals surface area contributed by atoms with Crippen LogP contribution in [0.2, 0.25) is 0 Å². The normalized spacial score (nSPS) is 22.3. The summed E-state index contributed by atoms with van der Waals surface area (Å²) in [6.07, 6.45) is 1.30. The van der Waals surface area contributed by atoms with E-state index in [-0.39, 0.29) is 12.5 Å². The Bertz CT molecular complexity index is 550. The highest BCUT2D eigenvalue weighted by Crippen LogP contribution is 2.23. The van der Waals surface area contributed by atoms with E-state index in [1.807, 2.05) is 34.9 Å². The van der Waals surface area contributed by atoms with Crippen molar-refractivity contribution in [3.05, 3.63) is 29.3 Å². The Kier molecular flexibility index (Phi) is 5.49. The van der Waals surface area contributed by atoms with Crippen LogP contribution in [-0.4, -0.2) is 66.0 Å². The van der Waals surface area contributed by atoms with Gasteiger partial charge in [0.05, 0.1) is 0 Å². The number of ether oxygens (including phenoxy) is 1. The molecule has 5 heteroatoms. The molecule has 2 fully saturated rings. The average molecular weight is 334 g/mol. The molecule has 2 aliphatic rings. The molecular formula is C18H26N2O2S. The van der Waals surface area contributed by atoms with Gasteiger partial charge in [-0.2, -0.15) is 11.8 Å².